The number of aryl methyl sites for hydroxylation is 1. The Morgan fingerprint density at radius 1 is 0.964 bits per heavy atom. The average Bonchev–Trinajstić information content (AvgIpc) is 3.06. The minimum Gasteiger partial charge on any atom is -0.288 e. The van der Waals surface area contributed by atoms with Crippen LogP contribution in [0.15, 0.2) is 64.9 Å². The number of sulfone groups is 1. The van der Waals surface area contributed by atoms with Crippen LogP contribution in [0.4, 0.5) is 0 Å². The van der Waals surface area contributed by atoms with Crippen LogP contribution in [0.3, 0.4) is 0 Å². The summed E-state index contributed by atoms with van der Waals surface area (Å²) in [5, 5.41) is 2.85. The molecule has 0 unspecified atom stereocenters. The quantitative estimate of drug-likeness (QED) is 0.331. The SMILES string of the molecule is Cc1ccsc1/C=C(\C(=O)c1ccc(Cl)cc1)S(=O)(=O)Cc1ccc(Cl)cc1. The first-order chi connectivity index (χ1) is 13.3. The van der Waals surface area contributed by atoms with Gasteiger partial charge in [-0.05, 0) is 72.0 Å². The van der Waals surface area contributed by atoms with Gasteiger partial charge in [-0.15, -0.1) is 11.3 Å². The van der Waals surface area contributed by atoms with Gasteiger partial charge in [-0.25, -0.2) is 8.42 Å². The maximum atomic E-state index is 13.2. The number of carbonyl (C=O) groups excluding carboxylic acids is 1. The van der Waals surface area contributed by atoms with Crippen LogP contribution >= 0.6 is 34.5 Å². The molecular formula is C21H16Cl2O3S2. The molecule has 3 aromatic rings. The van der Waals surface area contributed by atoms with E-state index in [1.54, 1.807) is 36.4 Å². The summed E-state index contributed by atoms with van der Waals surface area (Å²) in [6.07, 6.45) is 1.46. The number of halogens is 2. The predicted octanol–water partition coefficient (Wildman–Crippen LogP) is 6.20. The third kappa shape index (κ3) is 4.92. The highest BCUT2D eigenvalue weighted by Gasteiger charge is 2.27. The Hall–Kier alpha value is -1.92. The number of rotatable bonds is 6. The van der Waals surface area contributed by atoms with E-state index in [0.29, 0.717) is 15.6 Å². The molecule has 1 aromatic heterocycles. The third-order valence-corrected chi connectivity index (χ3v) is 7.26. The van der Waals surface area contributed by atoms with Crippen molar-refractivity contribution >= 4 is 56.2 Å². The van der Waals surface area contributed by atoms with Crippen molar-refractivity contribution < 1.29 is 13.2 Å². The van der Waals surface area contributed by atoms with Crippen molar-refractivity contribution in [1.82, 2.24) is 0 Å². The van der Waals surface area contributed by atoms with E-state index in [2.05, 4.69) is 0 Å². The second-order valence-corrected chi connectivity index (χ2v) is 9.98. The summed E-state index contributed by atoms with van der Waals surface area (Å²) >= 11 is 13.2. The molecule has 0 saturated heterocycles. The molecule has 3 nitrogen and oxygen atoms in total. The van der Waals surface area contributed by atoms with Gasteiger partial charge in [0.1, 0.15) is 4.91 Å². The fourth-order valence-electron chi connectivity index (χ4n) is 2.57. The Morgan fingerprint density at radius 2 is 1.54 bits per heavy atom. The zero-order valence-corrected chi connectivity index (χ0v) is 18.0. The second kappa shape index (κ2) is 8.62. The molecule has 0 aliphatic carbocycles. The molecule has 0 aliphatic rings. The van der Waals surface area contributed by atoms with E-state index in [0.717, 1.165) is 10.4 Å². The molecule has 0 bridgehead atoms. The van der Waals surface area contributed by atoms with Gasteiger partial charge in [0.25, 0.3) is 0 Å². The van der Waals surface area contributed by atoms with Gasteiger partial charge in [0.15, 0.2) is 9.84 Å². The topological polar surface area (TPSA) is 51.2 Å². The second-order valence-electron chi connectivity index (χ2n) is 6.20. The molecule has 0 aliphatic heterocycles. The van der Waals surface area contributed by atoms with Crippen molar-refractivity contribution in [3.8, 4) is 0 Å². The molecule has 28 heavy (non-hydrogen) atoms. The highest BCUT2D eigenvalue weighted by atomic mass is 35.5. The molecule has 2 aromatic carbocycles. The molecule has 0 atom stereocenters. The van der Waals surface area contributed by atoms with Crippen molar-refractivity contribution in [3.63, 3.8) is 0 Å². The van der Waals surface area contributed by atoms with E-state index in [4.69, 9.17) is 23.2 Å². The zero-order valence-electron chi connectivity index (χ0n) is 14.9. The Morgan fingerprint density at radius 3 is 2.07 bits per heavy atom. The molecule has 0 spiro atoms. The number of thiophene rings is 1. The summed E-state index contributed by atoms with van der Waals surface area (Å²) in [4.78, 5) is 13.6. The van der Waals surface area contributed by atoms with Crippen LogP contribution in [0.1, 0.15) is 26.4 Å². The van der Waals surface area contributed by atoms with Gasteiger partial charge >= 0.3 is 0 Å². The Kier molecular flexibility index (Phi) is 6.40. The lowest BCUT2D eigenvalue weighted by molar-refractivity contribution is 0.104. The average molecular weight is 451 g/mol. The van der Waals surface area contributed by atoms with E-state index in [9.17, 15) is 13.2 Å². The van der Waals surface area contributed by atoms with Gasteiger partial charge in [0, 0.05) is 20.5 Å². The van der Waals surface area contributed by atoms with Crippen molar-refractivity contribution in [3.05, 3.63) is 96.5 Å². The maximum absolute atomic E-state index is 13.2. The molecule has 0 saturated carbocycles. The normalized spacial score (nSPS) is 12.2. The summed E-state index contributed by atoms with van der Waals surface area (Å²) in [6, 6.07) is 14.6. The molecule has 144 valence electrons. The van der Waals surface area contributed by atoms with Crippen molar-refractivity contribution in [2.75, 3.05) is 0 Å². The first kappa shape index (κ1) is 20.8. The highest BCUT2D eigenvalue weighted by molar-refractivity contribution is 7.95. The molecule has 3 rings (SSSR count). The van der Waals surface area contributed by atoms with Gasteiger partial charge < -0.3 is 0 Å². The van der Waals surface area contributed by atoms with Crippen LogP contribution in [0, 0.1) is 6.92 Å². The van der Waals surface area contributed by atoms with Crippen LogP contribution < -0.4 is 0 Å². The first-order valence-electron chi connectivity index (χ1n) is 8.29. The lowest BCUT2D eigenvalue weighted by Gasteiger charge is -2.10. The van der Waals surface area contributed by atoms with Crippen LogP contribution in [0.5, 0.6) is 0 Å². The largest absolute Gasteiger partial charge is 0.288 e. The van der Waals surface area contributed by atoms with Crippen LogP contribution in [0.2, 0.25) is 10.0 Å². The minimum absolute atomic E-state index is 0.240. The van der Waals surface area contributed by atoms with Gasteiger partial charge in [0.2, 0.25) is 5.78 Å². The summed E-state index contributed by atoms with van der Waals surface area (Å²) in [5.41, 5.74) is 1.74. The summed E-state index contributed by atoms with van der Waals surface area (Å²) < 4.78 is 26.3. The van der Waals surface area contributed by atoms with Crippen LogP contribution in [0.25, 0.3) is 6.08 Å². The number of ketones is 1. The predicted molar refractivity (Wildman–Crippen MR) is 117 cm³/mol. The van der Waals surface area contributed by atoms with Gasteiger partial charge in [0.05, 0.1) is 5.75 Å². The first-order valence-corrected chi connectivity index (χ1v) is 11.6. The number of hydrogen-bond donors (Lipinski definition) is 0. The van der Waals surface area contributed by atoms with E-state index in [1.165, 1.54) is 29.5 Å². The Labute approximate surface area is 178 Å². The number of allylic oxidation sites excluding steroid dienone is 1. The van der Waals surface area contributed by atoms with Crippen LogP contribution in [-0.4, -0.2) is 14.2 Å². The van der Waals surface area contributed by atoms with Crippen molar-refractivity contribution in [2.45, 2.75) is 12.7 Å². The van der Waals surface area contributed by atoms with E-state index < -0.39 is 15.6 Å². The summed E-state index contributed by atoms with van der Waals surface area (Å²) in [6.45, 7) is 1.87. The molecule has 0 amide bonds. The van der Waals surface area contributed by atoms with E-state index in [1.807, 2.05) is 18.4 Å². The lowest BCUT2D eigenvalue weighted by atomic mass is 10.1. The van der Waals surface area contributed by atoms with Crippen molar-refractivity contribution in [2.24, 2.45) is 0 Å². The molecule has 0 fully saturated rings. The maximum Gasteiger partial charge on any atom is 0.204 e. The molecule has 0 N–H and O–H groups in total. The van der Waals surface area contributed by atoms with E-state index in [-0.39, 0.29) is 16.2 Å². The standard InChI is InChI=1S/C21H16Cl2O3S2/c1-14-10-11-27-19(14)12-20(21(24)16-4-8-18(23)9-5-16)28(25,26)13-15-2-6-17(22)7-3-15/h2-12H,13H2,1H3/b20-12+. The van der Waals surface area contributed by atoms with Gasteiger partial charge in [-0.2, -0.15) is 0 Å². The molecule has 0 radical (unpaired) electrons. The minimum atomic E-state index is -3.90. The molecule has 1 heterocycles. The smallest absolute Gasteiger partial charge is 0.204 e. The number of carbonyl (C=O) groups is 1. The van der Waals surface area contributed by atoms with Gasteiger partial charge in [-0.3, -0.25) is 4.79 Å². The van der Waals surface area contributed by atoms with Crippen LogP contribution in [-0.2, 0) is 15.6 Å². The number of benzene rings is 2. The summed E-state index contributed by atoms with van der Waals surface area (Å²) in [7, 11) is -3.90. The molecule has 7 heteroatoms. The lowest BCUT2D eigenvalue weighted by Crippen LogP contribution is -2.16. The van der Waals surface area contributed by atoms with Gasteiger partial charge in [-0.1, -0.05) is 35.3 Å². The van der Waals surface area contributed by atoms with E-state index >= 15 is 0 Å². The zero-order chi connectivity index (χ0) is 20.3. The number of Topliss-reactive ketones (excluding diaryl/α,β-unsaturated/α-hetero) is 1. The highest BCUT2D eigenvalue weighted by Crippen LogP contribution is 2.26. The Bertz CT molecular complexity index is 1130. The fraction of sp³-hybridized carbons (Fsp3) is 0.0952. The Balaban J connectivity index is 2.06. The summed E-state index contributed by atoms with van der Waals surface area (Å²) in [5.74, 6) is -0.849. The monoisotopic (exact) mass is 450 g/mol. The third-order valence-electron chi connectivity index (χ3n) is 4.10. The fourth-order valence-corrected chi connectivity index (χ4v) is 5.24. The molecular weight excluding hydrogens is 435 g/mol. The number of hydrogen-bond acceptors (Lipinski definition) is 4. The van der Waals surface area contributed by atoms with Crippen molar-refractivity contribution in [1.29, 1.82) is 0 Å².